The molecule has 3 aromatic rings. The van der Waals surface area contributed by atoms with Gasteiger partial charge in [0.1, 0.15) is 17.2 Å². The third kappa shape index (κ3) is 4.04. The van der Waals surface area contributed by atoms with Gasteiger partial charge in [-0.3, -0.25) is 4.79 Å². The smallest absolute Gasteiger partial charge is 0.355 e. The number of hydrogen-bond donors (Lipinski definition) is 2. The molecule has 146 valence electrons. The van der Waals surface area contributed by atoms with Crippen LogP contribution in [0, 0.1) is 0 Å². The molecule has 1 aromatic heterocycles. The lowest BCUT2D eigenvalue weighted by Crippen LogP contribution is -2.30. The maximum absolute atomic E-state index is 12.5. The summed E-state index contributed by atoms with van der Waals surface area (Å²) in [5.74, 6) is -0.0375. The summed E-state index contributed by atoms with van der Waals surface area (Å²) in [6.07, 6.45) is -1.02. The Kier molecular flexibility index (Phi) is 5.75. The summed E-state index contributed by atoms with van der Waals surface area (Å²) in [6, 6.07) is 11.9. The molecule has 1 atom stereocenters. The minimum absolute atomic E-state index is 0.193. The monoisotopic (exact) mass is 402 g/mol. The maximum Gasteiger partial charge on any atom is 0.355 e. The van der Waals surface area contributed by atoms with Gasteiger partial charge in [0.05, 0.1) is 30.4 Å². The Balaban J connectivity index is 1.75. The van der Waals surface area contributed by atoms with Crippen LogP contribution in [-0.2, 0) is 9.53 Å². The highest BCUT2D eigenvalue weighted by atomic mass is 35.5. The molecule has 0 aliphatic rings. The van der Waals surface area contributed by atoms with Gasteiger partial charge in [0.15, 0.2) is 6.10 Å². The van der Waals surface area contributed by atoms with Crippen molar-refractivity contribution in [3.63, 3.8) is 0 Å². The zero-order valence-corrected chi connectivity index (χ0v) is 16.3. The van der Waals surface area contributed by atoms with Crippen LogP contribution in [0.25, 0.3) is 10.9 Å². The molecular weight excluding hydrogens is 384 g/mol. The van der Waals surface area contributed by atoms with Crippen molar-refractivity contribution >= 4 is 40.1 Å². The first kappa shape index (κ1) is 19.6. The quantitative estimate of drug-likeness (QED) is 0.608. The van der Waals surface area contributed by atoms with Crippen molar-refractivity contribution in [2.24, 2.45) is 0 Å². The van der Waals surface area contributed by atoms with Crippen LogP contribution >= 0.6 is 11.6 Å². The second-order valence-electron chi connectivity index (χ2n) is 5.99. The summed E-state index contributed by atoms with van der Waals surface area (Å²) in [7, 11) is 3.07. The molecule has 28 heavy (non-hydrogen) atoms. The molecule has 0 spiro atoms. The fraction of sp³-hybridized carbons (Fsp3) is 0.200. The predicted octanol–water partition coefficient (Wildman–Crippen LogP) is 4.02. The highest BCUT2D eigenvalue weighted by molar-refractivity contribution is 6.33. The van der Waals surface area contributed by atoms with E-state index in [1.54, 1.807) is 49.6 Å². The molecule has 3 rings (SSSR count). The number of ether oxygens (including phenoxy) is 3. The Hall–Kier alpha value is -3.19. The number of esters is 1. The highest BCUT2D eigenvalue weighted by Crippen LogP contribution is 2.31. The van der Waals surface area contributed by atoms with E-state index >= 15 is 0 Å². The summed E-state index contributed by atoms with van der Waals surface area (Å²) in [4.78, 5) is 27.7. The van der Waals surface area contributed by atoms with E-state index in [4.69, 9.17) is 25.8 Å². The molecular formula is C20H19ClN2O5. The van der Waals surface area contributed by atoms with E-state index in [9.17, 15) is 9.59 Å². The first-order valence-corrected chi connectivity index (χ1v) is 8.82. The number of halogens is 1. The van der Waals surface area contributed by atoms with Crippen LogP contribution in [0.2, 0.25) is 5.02 Å². The zero-order valence-electron chi connectivity index (χ0n) is 15.5. The van der Waals surface area contributed by atoms with Crippen LogP contribution in [0.1, 0.15) is 17.4 Å². The molecule has 0 aliphatic heterocycles. The fourth-order valence-electron chi connectivity index (χ4n) is 2.65. The van der Waals surface area contributed by atoms with Gasteiger partial charge in [-0.1, -0.05) is 23.7 Å². The van der Waals surface area contributed by atoms with Crippen molar-refractivity contribution in [1.29, 1.82) is 0 Å². The first-order chi connectivity index (χ1) is 13.4. The Morgan fingerprint density at radius 3 is 2.54 bits per heavy atom. The number of carbonyl (C=O) groups is 2. The largest absolute Gasteiger partial charge is 0.497 e. The Bertz CT molecular complexity index is 1030. The van der Waals surface area contributed by atoms with E-state index in [1.165, 1.54) is 14.0 Å². The van der Waals surface area contributed by atoms with Crippen LogP contribution in [0.5, 0.6) is 11.5 Å². The number of nitrogens with one attached hydrogen (secondary N) is 2. The molecule has 1 heterocycles. The SMILES string of the molecule is COc1cc(OC)c2[nH]c(C(=O)OC(C)C(=O)Nc3ccccc3Cl)cc2c1. The topological polar surface area (TPSA) is 89.7 Å². The maximum atomic E-state index is 12.5. The van der Waals surface area contributed by atoms with Crippen molar-refractivity contribution in [2.75, 3.05) is 19.5 Å². The van der Waals surface area contributed by atoms with Gasteiger partial charge in [-0.15, -0.1) is 0 Å². The summed E-state index contributed by atoms with van der Waals surface area (Å²) in [6.45, 7) is 1.48. The first-order valence-electron chi connectivity index (χ1n) is 8.44. The standard InChI is InChI=1S/C20H19ClN2O5/c1-11(19(24)23-15-7-5-4-6-14(15)21)28-20(25)16-9-12-8-13(26-2)10-17(27-3)18(12)22-16/h4-11,22H,1-3H3,(H,23,24). The van der Waals surface area contributed by atoms with Gasteiger partial charge in [0.25, 0.3) is 5.91 Å². The second-order valence-corrected chi connectivity index (χ2v) is 6.40. The third-order valence-corrected chi connectivity index (χ3v) is 4.46. The number of hydrogen-bond acceptors (Lipinski definition) is 5. The molecule has 1 unspecified atom stereocenters. The normalized spacial score (nSPS) is 11.7. The number of H-pyrrole nitrogens is 1. The summed E-state index contributed by atoms with van der Waals surface area (Å²) >= 11 is 6.02. The summed E-state index contributed by atoms with van der Waals surface area (Å²) in [5.41, 5.74) is 1.27. The number of anilines is 1. The highest BCUT2D eigenvalue weighted by Gasteiger charge is 2.21. The number of para-hydroxylation sites is 1. The summed E-state index contributed by atoms with van der Waals surface area (Å²) < 4.78 is 15.8. The molecule has 0 fully saturated rings. The fourth-order valence-corrected chi connectivity index (χ4v) is 2.83. The lowest BCUT2D eigenvalue weighted by molar-refractivity contribution is -0.123. The van der Waals surface area contributed by atoms with E-state index < -0.39 is 18.0 Å². The third-order valence-electron chi connectivity index (χ3n) is 4.13. The molecule has 2 aromatic carbocycles. The number of benzene rings is 2. The van der Waals surface area contributed by atoms with Crippen LogP contribution in [-0.4, -0.2) is 37.2 Å². The van der Waals surface area contributed by atoms with E-state index in [0.29, 0.717) is 27.7 Å². The molecule has 8 heteroatoms. The molecule has 0 bridgehead atoms. The predicted molar refractivity (Wildman–Crippen MR) is 106 cm³/mol. The van der Waals surface area contributed by atoms with Crippen molar-refractivity contribution in [1.82, 2.24) is 4.98 Å². The van der Waals surface area contributed by atoms with E-state index in [0.717, 1.165) is 5.39 Å². The Morgan fingerprint density at radius 1 is 1.11 bits per heavy atom. The van der Waals surface area contributed by atoms with E-state index in [2.05, 4.69) is 10.3 Å². The van der Waals surface area contributed by atoms with Crippen molar-refractivity contribution in [3.8, 4) is 11.5 Å². The number of amides is 1. The van der Waals surface area contributed by atoms with Gasteiger partial charge in [-0.05, 0) is 31.2 Å². The number of aromatic nitrogens is 1. The van der Waals surface area contributed by atoms with Crippen molar-refractivity contribution in [3.05, 3.63) is 53.2 Å². The van der Waals surface area contributed by atoms with Crippen LogP contribution < -0.4 is 14.8 Å². The van der Waals surface area contributed by atoms with Crippen LogP contribution in [0.4, 0.5) is 5.69 Å². The second kappa shape index (κ2) is 8.22. The van der Waals surface area contributed by atoms with Gasteiger partial charge in [0, 0.05) is 11.5 Å². The zero-order chi connectivity index (χ0) is 20.3. The van der Waals surface area contributed by atoms with E-state index in [-0.39, 0.29) is 5.69 Å². The number of carbonyl (C=O) groups excluding carboxylic acids is 2. The average molecular weight is 403 g/mol. The Labute approximate surface area is 166 Å². The lowest BCUT2D eigenvalue weighted by Gasteiger charge is -2.13. The minimum atomic E-state index is -1.02. The molecule has 2 N–H and O–H groups in total. The van der Waals surface area contributed by atoms with Gasteiger partial charge >= 0.3 is 5.97 Å². The lowest BCUT2D eigenvalue weighted by atomic mass is 10.2. The van der Waals surface area contributed by atoms with Crippen molar-refractivity contribution < 1.29 is 23.8 Å². The van der Waals surface area contributed by atoms with Gasteiger partial charge < -0.3 is 24.5 Å². The molecule has 0 saturated carbocycles. The molecule has 1 amide bonds. The van der Waals surface area contributed by atoms with E-state index in [1.807, 2.05) is 0 Å². The Morgan fingerprint density at radius 2 is 1.86 bits per heavy atom. The molecule has 0 aliphatic carbocycles. The van der Waals surface area contributed by atoms with Gasteiger partial charge in [-0.2, -0.15) is 0 Å². The number of rotatable bonds is 6. The average Bonchev–Trinajstić information content (AvgIpc) is 3.13. The summed E-state index contributed by atoms with van der Waals surface area (Å²) in [5, 5.41) is 3.75. The molecule has 7 nitrogen and oxygen atoms in total. The van der Waals surface area contributed by atoms with Gasteiger partial charge in [-0.25, -0.2) is 4.79 Å². The number of methoxy groups -OCH3 is 2. The van der Waals surface area contributed by atoms with Crippen LogP contribution in [0.3, 0.4) is 0 Å². The minimum Gasteiger partial charge on any atom is -0.497 e. The van der Waals surface area contributed by atoms with Crippen LogP contribution in [0.15, 0.2) is 42.5 Å². The molecule has 0 radical (unpaired) electrons. The molecule has 0 saturated heterocycles. The van der Waals surface area contributed by atoms with Gasteiger partial charge in [0.2, 0.25) is 0 Å². The number of fused-ring (bicyclic) bond motifs is 1. The number of aromatic amines is 1. The van der Waals surface area contributed by atoms with Crippen molar-refractivity contribution in [2.45, 2.75) is 13.0 Å².